The monoisotopic (exact) mass is 332 g/mol. The van der Waals surface area contributed by atoms with E-state index in [2.05, 4.69) is 5.32 Å². The van der Waals surface area contributed by atoms with E-state index in [1.165, 1.54) is 0 Å². The number of nitrogens with one attached hydrogen (secondary N) is 1. The summed E-state index contributed by atoms with van der Waals surface area (Å²) >= 11 is 1.57. The molecule has 1 heterocycles. The third-order valence-corrected chi connectivity index (χ3v) is 4.36. The van der Waals surface area contributed by atoms with Crippen LogP contribution < -0.4 is 10.2 Å². The molecule has 0 aliphatic heterocycles. The Morgan fingerprint density at radius 1 is 1.22 bits per heavy atom. The summed E-state index contributed by atoms with van der Waals surface area (Å²) in [5.41, 5.74) is 1.42. The van der Waals surface area contributed by atoms with E-state index in [1.54, 1.807) is 23.5 Å². The van der Waals surface area contributed by atoms with Gasteiger partial charge in [-0.2, -0.15) is 0 Å². The van der Waals surface area contributed by atoms with Crippen LogP contribution in [0.2, 0.25) is 0 Å². The van der Waals surface area contributed by atoms with E-state index in [9.17, 15) is 9.59 Å². The molecule has 1 aromatic heterocycles. The molecule has 0 aliphatic carbocycles. The highest BCUT2D eigenvalue weighted by Crippen LogP contribution is 2.18. The SMILES string of the molecule is C[C@H](NC(=O)COC(=O)c1ccc(N(C)C)cc1)c1cccs1. The number of amides is 1. The lowest BCUT2D eigenvalue weighted by molar-refractivity contribution is -0.124. The molecule has 1 aromatic carbocycles. The van der Waals surface area contributed by atoms with Gasteiger partial charge in [-0.3, -0.25) is 4.79 Å². The highest BCUT2D eigenvalue weighted by molar-refractivity contribution is 7.10. The molecule has 0 aliphatic rings. The van der Waals surface area contributed by atoms with E-state index in [-0.39, 0.29) is 18.6 Å². The van der Waals surface area contributed by atoms with Crippen molar-refractivity contribution >= 4 is 28.9 Å². The molecule has 2 aromatic rings. The van der Waals surface area contributed by atoms with Crippen molar-refractivity contribution in [3.05, 3.63) is 52.2 Å². The molecule has 1 N–H and O–H groups in total. The number of ether oxygens (including phenoxy) is 1. The van der Waals surface area contributed by atoms with Gasteiger partial charge in [-0.1, -0.05) is 6.07 Å². The predicted octanol–water partition coefficient (Wildman–Crippen LogP) is 2.85. The average Bonchev–Trinajstić information content (AvgIpc) is 3.07. The number of rotatable bonds is 6. The van der Waals surface area contributed by atoms with Gasteiger partial charge in [0, 0.05) is 24.7 Å². The molecule has 2 rings (SSSR count). The van der Waals surface area contributed by atoms with E-state index in [4.69, 9.17) is 4.74 Å². The topological polar surface area (TPSA) is 58.6 Å². The first-order chi connectivity index (χ1) is 11.0. The van der Waals surface area contributed by atoms with Crippen LogP contribution in [0.25, 0.3) is 0 Å². The van der Waals surface area contributed by atoms with Crippen molar-refractivity contribution < 1.29 is 14.3 Å². The van der Waals surface area contributed by atoms with Gasteiger partial charge in [0.1, 0.15) is 0 Å². The molecule has 0 bridgehead atoms. The predicted molar refractivity (Wildman–Crippen MR) is 91.9 cm³/mol. The van der Waals surface area contributed by atoms with Gasteiger partial charge in [-0.15, -0.1) is 11.3 Å². The van der Waals surface area contributed by atoms with Crippen molar-refractivity contribution in [3.63, 3.8) is 0 Å². The summed E-state index contributed by atoms with van der Waals surface area (Å²) in [4.78, 5) is 26.8. The maximum absolute atomic E-state index is 11.9. The Labute approximate surface area is 139 Å². The summed E-state index contributed by atoms with van der Waals surface area (Å²) in [5.74, 6) is -0.821. The van der Waals surface area contributed by atoms with Gasteiger partial charge in [-0.05, 0) is 42.6 Å². The second-order valence-corrected chi connectivity index (χ2v) is 6.30. The van der Waals surface area contributed by atoms with E-state index < -0.39 is 5.97 Å². The van der Waals surface area contributed by atoms with Gasteiger partial charge in [0.05, 0.1) is 11.6 Å². The summed E-state index contributed by atoms with van der Waals surface area (Å²) in [7, 11) is 3.85. The molecule has 1 atom stereocenters. The number of anilines is 1. The zero-order valence-electron chi connectivity index (χ0n) is 13.4. The second kappa shape index (κ2) is 7.78. The number of hydrogen-bond donors (Lipinski definition) is 1. The third kappa shape index (κ3) is 4.82. The van der Waals surface area contributed by atoms with Crippen LogP contribution >= 0.6 is 11.3 Å². The molecule has 23 heavy (non-hydrogen) atoms. The Hall–Kier alpha value is -2.34. The van der Waals surface area contributed by atoms with Crippen molar-refractivity contribution in [2.24, 2.45) is 0 Å². The van der Waals surface area contributed by atoms with Gasteiger partial charge >= 0.3 is 5.97 Å². The Bertz CT molecular complexity index is 651. The van der Waals surface area contributed by atoms with Crippen LogP contribution in [0.3, 0.4) is 0 Å². The van der Waals surface area contributed by atoms with Gasteiger partial charge in [0.2, 0.25) is 0 Å². The second-order valence-electron chi connectivity index (χ2n) is 5.32. The van der Waals surface area contributed by atoms with Crippen molar-refractivity contribution in [2.75, 3.05) is 25.6 Å². The minimum Gasteiger partial charge on any atom is -0.452 e. The van der Waals surface area contributed by atoms with Crippen LogP contribution in [0.5, 0.6) is 0 Å². The molecule has 0 saturated heterocycles. The maximum Gasteiger partial charge on any atom is 0.338 e. The highest BCUT2D eigenvalue weighted by atomic mass is 32.1. The number of hydrogen-bond acceptors (Lipinski definition) is 5. The van der Waals surface area contributed by atoms with Crippen molar-refractivity contribution in [2.45, 2.75) is 13.0 Å². The Morgan fingerprint density at radius 2 is 1.91 bits per heavy atom. The van der Waals surface area contributed by atoms with E-state index in [0.29, 0.717) is 5.56 Å². The summed E-state index contributed by atoms with van der Waals surface area (Å²) in [6.45, 7) is 1.61. The van der Waals surface area contributed by atoms with Gasteiger partial charge < -0.3 is 15.0 Å². The van der Waals surface area contributed by atoms with E-state index in [1.807, 2.05) is 55.6 Å². The van der Waals surface area contributed by atoms with E-state index >= 15 is 0 Å². The first kappa shape index (κ1) is 17.0. The van der Waals surface area contributed by atoms with Crippen LogP contribution in [0.4, 0.5) is 5.69 Å². The standard InChI is InChI=1S/C17H20N2O3S/c1-12(15-5-4-10-23-15)18-16(20)11-22-17(21)13-6-8-14(9-7-13)19(2)3/h4-10,12H,11H2,1-3H3,(H,18,20)/t12-/m0/s1. The minimum absolute atomic E-state index is 0.0967. The average molecular weight is 332 g/mol. The maximum atomic E-state index is 11.9. The fourth-order valence-electron chi connectivity index (χ4n) is 2.00. The lowest BCUT2D eigenvalue weighted by Crippen LogP contribution is -2.30. The summed E-state index contributed by atoms with van der Waals surface area (Å²) in [6, 6.07) is 10.8. The van der Waals surface area contributed by atoms with Crippen LogP contribution in [0.1, 0.15) is 28.2 Å². The quantitative estimate of drug-likeness (QED) is 0.827. The van der Waals surface area contributed by atoms with E-state index in [0.717, 1.165) is 10.6 Å². The van der Waals surface area contributed by atoms with Crippen LogP contribution in [0.15, 0.2) is 41.8 Å². The molecule has 0 saturated carbocycles. The fourth-order valence-corrected chi connectivity index (χ4v) is 2.74. The number of carbonyl (C=O) groups is 2. The molecule has 0 spiro atoms. The fraction of sp³-hybridized carbons (Fsp3) is 0.294. The summed E-state index contributed by atoms with van der Waals surface area (Å²) in [6.07, 6.45) is 0. The molecule has 1 amide bonds. The smallest absolute Gasteiger partial charge is 0.338 e. The molecule has 122 valence electrons. The zero-order valence-corrected chi connectivity index (χ0v) is 14.2. The zero-order chi connectivity index (χ0) is 16.8. The first-order valence-electron chi connectivity index (χ1n) is 7.24. The Kier molecular flexibility index (Phi) is 5.76. The molecule has 0 unspecified atom stereocenters. The molecule has 0 fully saturated rings. The van der Waals surface area contributed by atoms with Gasteiger partial charge in [0.25, 0.3) is 5.91 Å². The summed E-state index contributed by atoms with van der Waals surface area (Å²) < 4.78 is 5.05. The van der Waals surface area contributed by atoms with Crippen LogP contribution in [-0.4, -0.2) is 32.6 Å². The first-order valence-corrected chi connectivity index (χ1v) is 8.12. The number of esters is 1. The lowest BCUT2D eigenvalue weighted by atomic mass is 10.2. The van der Waals surface area contributed by atoms with Crippen molar-refractivity contribution in [1.82, 2.24) is 5.32 Å². The van der Waals surface area contributed by atoms with Crippen LogP contribution in [-0.2, 0) is 9.53 Å². The molecule has 6 heteroatoms. The minimum atomic E-state index is -0.505. The largest absolute Gasteiger partial charge is 0.452 e. The Balaban J connectivity index is 1.82. The van der Waals surface area contributed by atoms with Gasteiger partial charge in [-0.25, -0.2) is 4.79 Å². The van der Waals surface area contributed by atoms with Crippen LogP contribution in [0, 0.1) is 0 Å². The van der Waals surface area contributed by atoms with Crippen molar-refractivity contribution in [1.29, 1.82) is 0 Å². The molecule has 5 nitrogen and oxygen atoms in total. The summed E-state index contributed by atoms with van der Waals surface area (Å²) in [5, 5.41) is 4.75. The number of thiophene rings is 1. The molecule has 0 radical (unpaired) electrons. The third-order valence-electron chi connectivity index (χ3n) is 3.30. The highest BCUT2D eigenvalue weighted by Gasteiger charge is 2.13. The normalized spacial score (nSPS) is 11.6. The molecular weight excluding hydrogens is 312 g/mol. The van der Waals surface area contributed by atoms with Gasteiger partial charge in [0.15, 0.2) is 6.61 Å². The Morgan fingerprint density at radius 3 is 2.48 bits per heavy atom. The van der Waals surface area contributed by atoms with Crippen molar-refractivity contribution in [3.8, 4) is 0 Å². The lowest BCUT2D eigenvalue weighted by Gasteiger charge is -2.13. The number of benzene rings is 1. The number of carbonyl (C=O) groups excluding carboxylic acids is 2. The number of nitrogens with zero attached hydrogens (tertiary/aromatic N) is 1. The molecular formula is C17H20N2O3S.